The summed E-state index contributed by atoms with van der Waals surface area (Å²) >= 11 is 0. The van der Waals surface area contributed by atoms with Gasteiger partial charge in [0.1, 0.15) is 0 Å². The third kappa shape index (κ3) is 3.02. The number of ether oxygens (including phenoxy) is 1. The number of hydrogen-bond acceptors (Lipinski definition) is 4. The molecule has 84 valence electrons. The van der Waals surface area contributed by atoms with Gasteiger partial charge in [-0.3, -0.25) is 14.6 Å². The lowest BCUT2D eigenvalue weighted by molar-refractivity contribution is -0.145. The standard InChI is InChI=1S/C12H13NO3/c1-8(9(2)14)12(16-10(3)15)11-5-4-6-13-7-11/h4-7,12H,1H2,2-3H3. The molecule has 0 aromatic carbocycles. The zero-order chi connectivity index (χ0) is 12.1. The average Bonchev–Trinajstić information content (AvgIpc) is 2.26. The number of esters is 1. The van der Waals surface area contributed by atoms with Crippen LogP contribution in [0.15, 0.2) is 36.7 Å². The van der Waals surface area contributed by atoms with Crippen LogP contribution < -0.4 is 0 Å². The summed E-state index contributed by atoms with van der Waals surface area (Å²) in [4.78, 5) is 26.1. The predicted octanol–water partition coefficient (Wildman–Crippen LogP) is 1.83. The Labute approximate surface area is 94.0 Å². The maximum Gasteiger partial charge on any atom is 0.303 e. The van der Waals surface area contributed by atoms with E-state index in [9.17, 15) is 9.59 Å². The van der Waals surface area contributed by atoms with Crippen molar-refractivity contribution in [2.24, 2.45) is 0 Å². The van der Waals surface area contributed by atoms with Crippen LogP contribution in [0.1, 0.15) is 25.5 Å². The van der Waals surface area contributed by atoms with Gasteiger partial charge in [0.15, 0.2) is 11.9 Å². The number of aromatic nitrogens is 1. The Morgan fingerprint density at radius 1 is 1.44 bits per heavy atom. The third-order valence-corrected chi connectivity index (χ3v) is 2.04. The minimum Gasteiger partial charge on any atom is -0.453 e. The summed E-state index contributed by atoms with van der Waals surface area (Å²) in [5, 5.41) is 0. The van der Waals surface area contributed by atoms with Crippen molar-refractivity contribution in [2.75, 3.05) is 0 Å². The number of nitrogens with zero attached hydrogens (tertiary/aromatic N) is 1. The lowest BCUT2D eigenvalue weighted by Gasteiger charge is -2.17. The minimum absolute atomic E-state index is 0.213. The van der Waals surface area contributed by atoms with Gasteiger partial charge in [0.05, 0.1) is 0 Å². The monoisotopic (exact) mass is 219 g/mol. The van der Waals surface area contributed by atoms with Crippen molar-refractivity contribution in [2.45, 2.75) is 20.0 Å². The Hall–Kier alpha value is -1.97. The van der Waals surface area contributed by atoms with Gasteiger partial charge in [0, 0.05) is 30.5 Å². The maximum absolute atomic E-state index is 11.2. The van der Waals surface area contributed by atoms with Crippen LogP contribution in [0, 0.1) is 0 Å². The zero-order valence-corrected chi connectivity index (χ0v) is 9.27. The van der Waals surface area contributed by atoms with Crippen molar-refractivity contribution >= 4 is 11.8 Å². The fourth-order valence-corrected chi connectivity index (χ4v) is 1.22. The highest BCUT2D eigenvalue weighted by atomic mass is 16.5. The topological polar surface area (TPSA) is 56.3 Å². The molecule has 0 N–H and O–H groups in total. The summed E-state index contributed by atoms with van der Waals surface area (Å²) in [5.41, 5.74) is 0.876. The molecule has 1 rings (SSSR count). The largest absolute Gasteiger partial charge is 0.453 e. The number of pyridine rings is 1. The second-order valence-electron chi connectivity index (χ2n) is 3.36. The van der Waals surface area contributed by atoms with E-state index >= 15 is 0 Å². The lowest BCUT2D eigenvalue weighted by Crippen LogP contribution is -2.14. The third-order valence-electron chi connectivity index (χ3n) is 2.04. The molecular formula is C12H13NO3. The molecule has 4 nitrogen and oxygen atoms in total. The number of hydrogen-bond donors (Lipinski definition) is 0. The highest BCUT2D eigenvalue weighted by molar-refractivity contribution is 5.94. The normalized spacial score (nSPS) is 11.6. The van der Waals surface area contributed by atoms with Crippen LogP contribution in [0.25, 0.3) is 0 Å². The maximum atomic E-state index is 11.2. The average molecular weight is 219 g/mol. The molecule has 0 radical (unpaired) electrons. The van der Waals surface area contributed by atoms with E-state index in [1.54, 1.807) is 24.5 Å². The highest BCUT2D eigenvalue weighted by Gasteiger charge is 2.21. The van der Waals surface area contributed by atoms with E-state index < -0.39 is 12.1 Å². The van der Waals surface area contributed by atoms with Gasteiger partial charge < -0.3 is 4.74 Å². The minimum atomic E-state index is -0.747. The van der Waals surface area contributed by atoms with Crippen LogP contribution in [-0.4, -0.2) is 16.7 Å². The van der Waals surface area contributed by atoms with E-state index in [0.717, 1.165) is 0 Å². The fourth-order valence-electron chi connectivity index (χ4n) is 1.22. The second-order valence-corrected chi connectivity index (χ2v) is 3.36. The molecule has 1 unspecified atom stereocenters. The number of carbonyl (C=O) groups excluding carboxylic acids is 2. The van der Waals surface area contributed by atoms with Gasteiger partial charge >= 0.3 is 5.97 Å². The Bertz CT molecular complexity index is 412. The molecule has 1 aromatic rings. The molecule has 0 aliphatic carbocycles. The predicted molar refractivity (Wildman–Crippen MR) is 58.6 cm³/mol. The molecular weight excluding hydrogens is 206 g/mol. The first-order valence-corrected chi connectivity index (χ1v) is 4.79. The molecule has 0 saturated heterocycles. The van der Waals surface area contributed by atoms with E-state index in [0.29, 0.717) is 5.56 Å². The molecule has 0 aliphatic rings. The molecule has 0 spiro atoms. The lowest BCUT2D eigenvalue weighted by atomic mass is 10.0. The van der Waals surface area contributed by atoms with Crippen LogP contribution in [0.2, 0.25) is 0 Å². The van der Waals surface area contributed by atoms with Crippen molar-refractivity contribution in [1.82, 2.24) is 4.98 Å². The summed E-state index contributed by atoms with van der Waals surface area (Å²) in [6.07, 6.45) is 2.40. The van der Waals surface area contributed by atoms with Gasteiger partial charge in [-0.05, 0) is 13.0 Å². The molecule has 1 aromatic heterocycles. The Morgan fingerprint density at radius 3 is 2.56 bits per heavy atom. The van der Waals surface area contributed by atoms with Gasteiger partial charge in [-0.15, -0.1) is 0 Å². The molecule has 0 fully saturated rings. The summed E-state index contributed by atoms with van der Waals surface area (Å²) in [6.45, 7) is 6.30. The smallest absolute Gasteiger partial charge is 0.303 e. The molecule has 0 bridgehead atoms. The zero-order valence-electron chi connectivity index (χ0n) is 9.27. The molecule has 0 saturated carbocycles. The van der Waals surface area contributed by atoms with Gasteiger partial charge in [0.2, 0.25) is 0 Å². The van der Waals surface area contributed by atoms with Crippen molar-refractivity contribution in [3.63, 3.8) is 0 Å². The molecule has 0 amide bonds. The van der Waals surface area contributed by atoms with Crippen molar-refractivity contribution in [3.8, 4) is 0 Å². The molecule has 1 atom stereocenters. The summed E-state index contributed by atoms with van der Waals surface area (Å²) in [5.74, 6) is -0.675. The van der Waals surface area contributed by atoms with E-state index in [1.165, 1.54) is 13.8 Å². The van der Waals surface area contributed by atoms with Crippen molar-refractivity contribution in [3.05, 3.63) is 42.2 Å². The van der Waals surface area contributed by atoms with Crippen LogP contribution in [0.5, 0.6) is 0 Å². The Morgan fingerprint density at radius 2 is 2.12 bits per heavy atom. The van der Waals surface area contributed by atoms with Gasteiger partial charge in [-0.25, -0.2) is 0 Å². The Kier molecular flexibility index (Phi) is 3.94. The second kappa shape index (κ2) is 5.21. The molecule has 16 heavy (non-hydrogen) atoms. The number of Topliss-reactive ketones (excluding diaryl/α,β-unsaturated/α-hetero) is 1. The first-order valence-electron chi connectivity index (χ1n) is 4.79. The summed E-state index contributed by atoms with van der Waals surface area (Å²) < 4.78 is 5.06. The highest BCUT2D eigenvalue weighted by Crippen LogP contribution is 2.24. The van der Waals surface area contributed by atoms with Crippen LogP contribution in [0.3, 0.4) is 0 Å². The fraction of sp³-hybridized carbons (Fsp3) is 0.250. The SMILES string of the molecule is C=C(C(C)=O)C(OC(C)=O)c1cccnc1. The van der Waals surface area contributed by atoms with E-state index in [1.807, 2.05) is 0 Å². The van der Waals surface area contributed by atoms with Crippen LogP contribution in [-0.2, 0) is 14.3 Å². The van der Waals surface area contributed by atoms with E-state index in [-0.39, 0.29) is 11.4 Å². The van der Waals surface area contributed by atoms with Crippen molar-refractivity contribution in [1.29, 1.82) is 0 Å². The van der Waals surface area contributed by atoms with E-state index in [4.69, 9.17) is 4.74 Å². The summed E-state index contributed by atoms with van der Waals surface area (Å²) in [7, 11) is 0. The number of carbonyl (C=O) groups is 2. The first-order chi connectivity index (χ1) is 7.52. The van der Waals surface area contributed by atoms with Gasteiger partial charge in [-0.2, -0.15) is 0 Å². The quantitative estimate of drug-likeness (QED) is 0.572. The van der Waals surface area contributed by atoms with Gasteiger partial charge in [0.25, 0.3) is 0 Å². The molecule has 0 aliphatic heterocycles. The number of rotatable bonds is 4. The first kappa shape index (κ1) is 12.1. The number of ketones is 1. The van der Waals surface area contributed by atoms with Crippen molar-refractivity contribution < 1.29 is 14.3 Å². The molecule has 4 heteroatoms. The van der Waals surface area contributed by atoms with Gasteiger partial charge in [-0.1, -0.05) is 12.6 Å². The van der Waals surface area contributed by atoms with Crippen LogP contribution in [0.4, 0.5) is 0 Å². The van der Waals surface area contributed by atoms with E-state index in [2.05, 4.69) is 11.6 Å². The Balaban J connectivity index is 3.01. The summed E-state index contributed by atoms with van der Waals surface area (Å²) in [6, 6.07) is 3.44. The van der Waals surface area contributed by atoms with Crippen LogP contribution >= 0.6 is 0 Å². The molecule has 1 heterocycles.